The molecule has 0 spiro atoms. The third-order valence-corrected chi connectivity index (χ3v) is 4.26. The first kappa shape index (κ1) is 11.5. The minimum atomic E-state index is -3.18. The van der Waals surface area contributed by atoms with Crippen LogP contribution in [0.25, 0.3) is 0 Å². The number of sulfone groups is 1. The van der Waals surface area contributed by atoms with Gasteiger partial charge in [-0.25, -0.2) is 13.1 Å². The molecule has 1 aliphatic rings. The molecule has 1 aromatic rings. The molecule has 7 nitrogen and oxygen atoms in total. The smallest absolute Gasteiger partial charge is 0.155 e. The molecule has 2 rings (SSSR count). The average molecular weight is 247 g/mol. The predicted molar refractivity (Wildman–Crippen MR) is 54.5 cm³/mol. The second-order valence-electron chi connectivity index (χ2n) is 3.88. The highest BCUT2D eigenvalue weighted by Crippen LogP contribution is 2.23. The normalized spacial score (nSPS) is 28.4. The molecule has 2 unspecified atom stereocenters. The molecule has 0 aromatic carbocycles. The van der Waals surface area contributed by atoms with Crippen molar-refractivity contribution in [2.75, 3.05) is 18.1 Å². The Bertz CT molecular complexity index is 469. The van der Waals surface area contributed by atoms with Crippen LogP contribution < -0.4 is 0 Å². The zero-order valence-electron chi connectivity index (χ0n) is 8.52. The fourth-order valence-electron chi connectivity index (χ4n) is 1.77. The molecule has 16 heavy (non-hydrogen) atoms. The molecule has 2 N–H and O–H groups in total. The van der Waals surface area contributed by atoms with Crippen molar-refractivity contribution in [2.24, 2.45) is 0 Å². The van der Waals surface area contributed by atoms with Crippen LogP contribution in [0.3, 0.4) is 0 Å². The molecule has 0 aliphatic carbocycles. The van der Waals surface area contributed by atoms with Gasteiger partial charge in [0.1, 0.15) is 0 Å². The fraction of sp³-hybridized carbons (Fsp3) is 0.750. The van der Waals surface area contributed by atoms with Gasteiger partial charge in [0.15, 0.2) is 9.84 Å². The summed E-state index contributed by atoms with van der Waals surface area (Å²) in [4.78, 5) is 0. The lowest BCUT2D eigenvalue weighted by Crippen LogP contribution is -2.22. The summed E-state index contributed by atoms with van der Waals surface area (Å²) in [7, 11) is -3.18. The van der Waals surface area contributed by atoms with Crippen molar-refractivity contribution in [3.63, 3.8) is 0 Å². The van der Waals surface area contributed by atoms with Crippen molar-refractivity contribution < 1.29 is 18.6 Å². The predicted octanol–water partition coefficient (Wildman–Crippen LogP) is -1.86. The van der Waals surface area contributed by atoms with Crippen LogP contribution in [0, 0.1) is 0 Å². The zero-order valence-corrected chi connectivity index (χ0v) is 9.34. The number of rotatable bonds is 3. The van der Waals surface area contributed by atoms with Crippen molar-refractivity contribution in [3.05, 3.63) is 11.9 Å². The SMILES string of the molecule is O=S1(=O)CC(O)C(n2cc(CCO)nn2)C1. The quantitative estimate of drug-likeness (QED) is 0.649. The molecule has 0 amide bonds. The summed E-state index contributed by atoms with van der Waals surface area (Å²) in [6.45, 7) is -0.0375. The van der Waals surface area contributed by atoms with Crippen molar-refractivity contribution >= 4 is 9.84 Å². The second-order valence-corrected chi connectivity index (χ2v) is 6.03. The molecular weight excluding hydrogens is 234 g/mol. The van der Waals surface area contributed by atoms with E-state index in [1.165, 1.54) is 4.68 Å². The largest absolute Gasteiger partial charge is 0.396 e. The van der Waals surface area contributed by atoms with E-state index < -0.39 is 22.0 Å². The number of hydrogen-bond donors (Lipinski definition) is 2. The van der Waals surface area contributed by atoms with Gasteiger partial charge in [0.25, 0.3) is 0 Å². The Labute approximate surface area is 92.6 Å². The van der Waals surface area contributed by atoms with E-state index in [0.29, 0.717) is 12.1 Å². The maximum atomic E-state index is 11.3. The van der Waals surface area contributed by atoms with Crippen molar-refractivity contribution in [1.82, 2.24) is 15.0 Å². The van der Waals surface area contributed by atoms with E-state index in [-0.39, 0.29) is 18.1 Å². The molecule has 1 saturated heterocycles. The molecule has 8 heteroatoms. The maximum Gasteiger partial charge on any atom is 0.155 e. The van der Waals surface area contributed by atoms with Crippen molar-refractivity contribution in [3.8, 4) is 0 Å². The molecule has 2 atom stereocenters. The lowest BCUT2D eigenvalue weighted by atomic mass is 10.2. The molecule has 1 fully saturated rings. The Morgan fingerprint density at radius 3 is 2.81 bits per heavy atom. The monoisotopic (exact) mass is 247 g/mol. The van der Waals surface area contributed by atoms with Gasteiger partial charge in [0.2, 0.25) is 0 Å². The first-order valence-electron chi connectivity index (χ1n) is 4.92. The van der Waals surface area contributed by atoms with Gasteiger partial charge in [0, 0.05) is 19.2 Å². The third kappa shape index (κ3) is 2.23. The summed E-state index contributed by atoms with van der Waals surface area (Å²) in [6.07, 6.45) is 0.995. The van der Waals surface area contributed by atoms with Crippen LogP contribution in [-0.4, -0.2) is 57.8 Å². The summed E-state index contributed by atoms with van der Waals surface area (Å²) in [5.41, 5.74) is 0.582. The van der Waals surface area contributed by atoms with Gasteiger partial charge in [-0.15, -0.1) is 5.10 Å². The van der Waals surface area contributed by atoms with E-state index in [1.807, 2.05) is 0 Å². The van der Waals surface area contributed by atoms with Crippen LogP contribution in [0.1, 0.15) is 11.7 Å². The standard InChI is InChI=1S/C8H13N3O4S/c12-2-1-6-3-11(10-9-6)7-4-16(14,15)5-8(7)13/h3,7-8,12-13H,1-2,4-5H2. The van der Waals surface area contributed by atoms with E-state index in [2.05, 4.69) is 10.3 Å². The summed E-state index contributed by atoms with van der Waals surface area (Å²) in [5.74, 6) is -0.344. The van der Waals surface area contributed by atoms with Crippen LogP contribution >= 0.6 is 0 Å². The maximum absolute atomic E-state index is 11.3. The van der Waals surface area contributed by atoms with Gasteiger partial charge in [0.05, 0.1) is 29.3 Å². The van der Waals surface area contributed by atoms with Crippen LogP contribution in [0.4, 0.5) is 0 Å². The Kier molecular flexibility index (Phi) is 2.96. The molecule has 1 aliphatic heterocycles. The highest BCUT2D eigenvalue weighted by molar-refractivity contribution is 7.91. The van der Waals surface area contributed by atoms with Gasteiger partial charge >= 0.3 is 0 Å². The Balaban J connectivity index is 2.18. The van der Waals surface area contributed by atoms with Crippen molar-refractivity contribution in [1.29, 1.82) is 0 Å². The minimum Gasteiger partial charge on any atom is -0.396 e. The van der Waals surface area contributed by atoms with Crippen LogP contribution in [-0.2, 0) is 16.3 Å². The summed E-state index contributed by atoms with van der Waals surface area (Å²) < 4.78 is 24.0. The number of hydrogen-bond acceptors (Lipinski definition) is 6. The van der Waals surface area contributed by atoms with Crippen LogP contribution in [0.2, 0.25) is 0 Å². The number of aromatic nitrogens is 3. The number of nitrogens with zero attached hydrogens (tertiary/aromatic N) is 3. The first-order valence-corrected chi connectivity index (χ1v) is 6.74. The molecule has 0 radical (unpaired) electrons. The Morgan fingerprint density at radius 1 is 1.50 bits per heavy atom. The van der Waals surface area contributed by atoms with E-state index in [0.717, 1.165) is 0 Å². The number of aliphatic hydroxyl groups is 2. The Morgan fingerprint density at radius 2 is 2.25 bits per heavy atom. The lowest BCUT2D eigenvalue weighted by Gasteiger charge is -2.11. The van der Waals surface area contributed by atoms with Crippen molar-refractivity contribution in [2.45, 2.75) is 18.6 Å². The third-order valence-electron chi connectivity index (χ3n) is 2.56. The molecule has 90 valence electrons. The van der Waals surface area contributed by atoms with E-state index in [9.17, 15) is 13.5 Å². The highest BCUT2D eigenvalue weighted by atomic mass is 32.2. The molecule has 1 aromatic heterocycles. The average Bonchev–Trinajstić information content (AvgIpc) is 2.71. The lowest BCUT2D eigenvalue weighted by molar-refractivity contribution is 0.145. The molecular formula is C8H13N3O4S. The van der Waals surface area contributed by atoms with E-state index >= 15 is 0 Å². The zero-order chi connectivity index (χ0) is 11.8. The summed E-state index contributed by atoms with van der Waals surface area (Å²) in [5, 5.41) is 25.9. The fourth-order valence-corrected chi connectivity index (χ4v) is 3.54. The topological polar surface area (TPSA) is 105 Å². The van der Waals surface area contributed by atoms with Gasteiger partial charge in [-0.05, 0) is 0 Å². The van der Waals surface area contributed by atoms with Gasteiger partial charge < -0.3 is 10.2 Å². The summed E-state index contributed by atoms with van der Waals surface area (Å²) in [6, 6.07) is -0.565. The molecule has 0 saturated carbocycles. The highest BCUT2D eigenvalue weighted by Gasteiger charge is 2.38. The first-order chi connectivity index (χ1) is 7.52. The van der Waals surface area contributed by atoms with E-state index in [1.54, 1.807) is 6.20 Å². The minimum absolute atomic E-state index is 0.0375. The summed E-state index contributed by atoms with van der Waals surface area (Å²) >= 11 is 0. The van der Waals surface area contributed by atoms with Gasteiger partial charge in [-0.1, -0.05) is 5.21 Å². The number of aliphatic hydroxyl groups excluding tert-OH is 2. The van der Waals surface area contributed by atoms with Gasteiger partial charge in [-0.3, -0.25) is 0 Å². The van der Waals surface area contributed by atoms with Gasteiger partial charge in [-0.2, -0.15) is 0 Å². The van der Waals surface area contributed by atoms with E-state index in [4.69, 9.17) is 5.11 Å². The Hall–Kier alpha value is -0.990. The molecule has 2 heterocycles. The van der Waals surface area contributed by atoms with Crippen LogP contribution in [0.15, 0.2) is 6.20 Å². The van der Waals surface area contributed by atoms with Crippen LogP contribution in [0.5, 0.6) is 0 Å². The molecule has 0 bridgehead atoms. The second kappa shape index (κ2) is 4.11.